The molecule has 8 heteroatoms. The van der Waals surface area contributed by atoms with E-state index in [4.69, 9.17) is 5.26 Å². The summed E-state index contributed by atoms with van der Waals surface area (Å²) in [6.45, 7) is 5.85. The number of hydrogen-bond acceptors (Lipinski definition) is 7. The van der Waals surface area contributed by atoms with Gasteiger partial charge in [-0.2, -0.15) is 5.26 Å². The van der Waals surface area contributed by atoms with Crippen molar-refractivity contribution in [2.45, 2.75) is 37.1 Å². The number of allylic oxidation sites excluding steroid dienone is 2. The standard InChI is InChI=1S/C22H29FN6S/c1-3-18(11-27-30-21-12-29(2)13-26-21)28-20-8-16(6-17-10-25-22(17)20)14-4-5-15(9-24)19(23)7-14/h4-5,7-8,16-18,21,26-28H,3,6,10-13H2,1-2H3. The summed E-state index contributed by atoms with van der Waals surface area (Å²) >= 11 is 1.75. The Labute approximate surface area is 182 Å². The molecule has 0 aromatic heterocycles. The second-order valence-corrected chi connectivity index (χ2v) is 9.40. The van der Waals surface area contributed by atoms with Crippen LogP contribution in [0.2, 0.25) is 0 Å². The van der Waals surface area contributed by atoms with Crippen molar-refractivity contribution < 1.29 is 4.39 Å². The van der Waals surface area contributed by atoms with Crippen molar-refractivity contribution in [3.8, 4) is 6.07 Å². The van der Waals surface area contributed by atoms with Gasteiger partial charge in [-0.25, -0.2) is 4.39 Å². The number of aliphatic imine (C=N–C) groups is 1. The summed E-state index contributed by atoms with van der Waals surface area (Å²) in [7, 11) is 2.12. The number of likely N-dealkylation sites (N-methyl/N-ethyl adjacent to an activating group) is 1. The van der Waals surface area contributed by atoms with Crippen LogP contribution in [0.3, 0.4) is 0 Å². The fourth-order valence-electron chi connectivity index (χ4n) is 4.19. The molecule has 0 bridgehead atoms. The Morgan fingerprint density at radius 2 is 2.33 bits per heavy atom. The SMILES string of the molecule is CCC(CNSC1CN(C)CN1)NC1=CC(c2ccc(C#N)c(F)c2)CC2CN=C12. The summed E-state index contributed by atoms with van der Waals surface area (Å²) in [6.07, 6.45) is 4.14. The van der Waals surface area contributed by atoms with Crippen LogP contribution in [0.15, 0.2) is 35.0 Å². The molecule has 4 unspecified atom stereocenters. The first-order chi connectivity index (χ1) is 14.6. The van der Waals surface area contributed by atoms with Crippen molar-refractivity contribution in [2.24, 2.45) is 10.9 Å². The van der Waals surface area contributed by atoms with Crippen LogP contribution in [0, 0.1) is 23.1 Å². The van der Waals surface area contributed by atoms with E-state index in [-0.39, 0.29) is 11.5 Å². The lowest BCUT2D eigenvalue weighted by molar-refractivity contribution is 0.411. The van der Waals surface area contributed by atoms with E-state index in [1.54, 1.807) is 18.0 Å². The molecule has 3 N–H and O–H groups in total. The number of nitrogens with one attached hydrogen (secondary N) is 3. The monoisotopic (exact) mass is 428 g/mol. The van der Waals surface area contributed by atoms with Gasteiger partial charge in [-0.1, -0.05) is 31.0 Å². The lowest BCUT2D eigenvalue weighted by Gasteiger charge is -2.37. The summed E-state index contributed by atoms with van der Waals surface area (Å²) < 4.78 is 17.7. The van der Waals surface area contributed by atoms with Gasteiger partial charge in [-0.3, -0.25) is 19.9 Å². The molecule has 3 aliphatic rings. The highest BCUT2D eigenvalue weighted by Gasteiger charge is 2.34. The van der Waals surface area contributed by atoms with E-state index < -0.39 is 5.82 Å². The summed E-state index contributed by atoms with van der Waals surface area (Å²) in [4.78, 5) is 6.88. The van der Waals surface area contributed by atoms with E-state index in [0.717, 1.165) is 56.1 Å². The average molecular weight is 429 g/mol. The smallest absolute Gasteiger partial charge is 0.141 e. The van der Waals surface area contributed by atoms with E-state index in [1.807, 2.05) is 12.1 Å². The summed E-state index contributed by atoms with van der Waals surface area (Å²) in [5, 5.41) is 16.5. The van der Waals surface area contributed by atoms with E-state index in [0.29, 0.717) is 17.3 Å². The van der Waals surface area contributed by atoms with Crippen LogP contribution in [-0.4, -0.2) is 55.4 Å². The van der Waals surface area contributed by atoms with Gasteiger partial charge in [0.05, 0.1) is 22.3 Å². The Bertz CT molecular complexity index is 879. The molecule has 160 valence electrons. The number of benzene rings is 1. The molecule has 6 nitrogen and oxygen atoms in total. The Hall–Kier alpha value is -1.92. The second-order valence-electron chi connectivity index (χ2n) is 8.30. The molecule has 0 saturated carbocycles. The van der Waals surface area contributed by atoms with Crippen LogP contribution < -0.4 is 15.4 Å². The molecule has 30 heavy (non-hydrogen) atoms. The average Bonchev–Trinajstić information content (AvgIpc) is 3.13. The summed E-state index contributed by atoms with van der Waals surface area (Å²) in [5.74, 6) is 0.126. The Morgan fingerprint density at radius 1 is 1.47 bits per heavy atom. The second kappa shape index (κ2) is 9.48. The minimum absolute atomic E-state index is 0.0975. The van der Waals surface area contributed by atoms with Crippen LogP contribution in [0.1, 0.15) is 36.8 Å². The zero-order valence-corrected chi connectivity index (χ0v) is 18.3. The predicted molar refractivity (Wildman–Crippen MR) is 120 cm³/mol. The molecule has 0 amide bonds. The maximum atomic E-state index is 14.1. The number of nitrogens with zero attached hydrogens (tertiary/aromatic N) is 3. The summed E-state index contributed by atoms with van der Waals surface area (Å²) in [6, 6.07) is 7.17. The Kier molecular flexibility index (Phi) is 6.74. The molecule has 1 saturated heterocycles. The minimum atomic E-state index is -0.440. The largest absolute Gasteiger partial charge is 0.380 e. The third-order valence-electron chi connectivity index (χ3n) is 6.07. The predicted octanol–water partition coefficient (Wildman–Crippen LogP) is 2.56. The third-order valence-corrected chi connectivity index (χ3v) is 7.00. The number of halogens is 1. The van der Waals surface area contributed by atoms with Crippen molar-refractivity contribution in [1.29, 1.82) is 5.26 Å². The highest BCUT2D eigenvalue weighted by molar-refractivity contribution is 7.98. The van der Waals surface area contributed by atoms with Crippen molar-refractivity contribution in [3.63, 3.8) is 0 Å². The molecule has 1 aromatic rings. The fourth-order valence-corrected chi connectivity index (χ4v) is 5.17. The minimum Gasteiger partial charge on any atom is -0.380 e. The van der Waals surface area contributed by atoms with Crippen molar-refractivity contribution in [2.75, 3.05) is 33.4 Å². The first-order valence-corrected chi connectivity index (χ1v) is 11.5. The molecule has 2 aliphatic heterocycles. The quantitative estimate of drug-likeness (QED) is 0.553. The van der Waals surface area contributed by atoms with Crippen molar-refractivity contribution >= 4 is 17.7 Å². The van der Waals surface area contributed by atoms with Crippen molar-refractivity contribution in [3.05, 3.63) is 46.9 Å². The zero-order valence-electron chi connectivity index (χ0n) is 17.5. The molecule has 2 heterocycles. The molecule has 0 spiro atoms. The third kappa shape index (κ3) is 4.70. The lowest BCUT2D eigenvalue weighted by atomic mass is 9.77. The van der Waals surface area contributed by atoms with Crippen LogP contribution in [0.5, 0.6) is 0 Å². The van der Waals surface area contributed by atoms with Crippen LogP contribution in [-0.2, 0) is 0 Å². The van der Waals surface area contributed by atoms with Gasteiger partial charge in [0, 0.05) is 44.2 Å². The van der Waals surface area contributed by atoms with Crippen molar-refractivity contribution in [1.82, 2.24) is 20.3 Å². The van der Waals surface area contributed by atoms with Crippen LogP contribution in [0.25, 0.3) is 0 Å². The van der Waals surface area contributed by atoms with Gasteiger partial charge in [0.15, 0.2) is 0 Å². The number of nitriles is 1. The highest BCUT2D eigenvalue weighted by atomic mass is 32.2. The first-order valence-electron chi connectivity index (χ1n) is 10.6. The Balaban J connectivity index is 1.40. The van der Waals surface area contributed by atoms with Crippen LogP contribution in [0.4, 0.5) is 4.39 Å². The fraction of sp³-hybridized carbons (Fsp3) is 0.545. The molecule has 4 atom stereocenters. The van der Waals surface area contributed by atoms with E-state index >= 15 is 0 Å². The number of rotatable bonds is 8. The van der Waals surface area contributed by atoms with Gasteiger partial charge in [0.1, 0.15) is 11.9 Å². The van der Waals surface area contributed by atoms with Gasteiger partial charge in [0.25, 0.3) is 0 Å². The molecular formula is C22H29FN6S. The molecular weight excluding hydrogens is 399 g/mol. The van der Waals surface area contributed by atoms with Gasteiger partial charge >= 0.3 is 0 Å². The molecule has 1 aromatic carbocycles. The van der Waals surface area contributed by atoms with Gasteiger partial charge in [-0.15, -0.1) is 0 Å². The molecule has 1 fully saturated rings. The number of hydrogen-bond donors (Lipinski definition) is 3. The highest BCUT2D eigenvalue weighted by Crippen LogP contribution is 2.37. The normalized spacial score (nSPS) is 26.8. The Morgan fingerprint density at radius 3 is 2.97 bits per heavy atom. The van der Waals surface area contributed by atoms with Gasteiger partial charge < -0.3 is 5.32 Å². The van der Waals surface area contributed by atoms with E-state index in [1.165, 1.54) is 6.07 Å². The molecule has 0 radical (unpaired) electrons. The number of fused-ring (bicyclic) bond motifs is 1. The van der Waals surface area contributed by atoms with Gasteiger partial charge in [0.2, 0.25) is 0 Å². The van der Waals surface area contributed by atoms with E-state index in [9.17, 15) is 4.39 Å². The zero-order chi connectivity index (χ0) is 21.1. The molecule has 1 aliphatic carbocycles. The van der Waals surface area contributed by atoms with Gasteiger partial charge in [-0.05, 0) is 37.6 Å². The summed E-state index contributed by atoms with van der Waals surface area (Å²) in [5.41, 5.74) is 3.27. The topological polar surface area (TPSA) is 75.5 Å². The molecule has 4 rings (SSSR count). The maximum absolute atomic E-state index is 14.1. The van der Waals surface area contributed by atoms with Crippen LogP contribution >= 0.6 is 11.9 Å². The first kappa shape index (κ1) is 21.3. The lowest BCUT2D eigenvalue weighted by Crippen LogP contribution is -2.44. The maximum Gasteiger partial charge on any atom is 0.141 e. The van der Waals surface area contributed by atoms with E-state index in [2.05, 4.69) is 45.3 Å².